The van der Waals surface area contributed by atoms with Crippen LogP contribution < -0.4 is 5.32 Å². The average Bonchev–Trinajstić information content (AvgIpc) is 2.28. The van der Waals surface area contributed by atoms with Crippen LogP contribution in [0.4, 0.5) is 0 Å². The molecule has 0 heterocycles. The van der Waals surface area contributed by atoms with E-state index in [9.17, 15) is 0 Å². The maximum atomic E-state index is 9.06. The lowest BCUT2D eigenvalue weighted by atomic mass is 10.1. The summed E-state index contributed by atoms with van der Waals surface area (Å²) in [4.78, 5) is 0. The number of aliphatic hydroxyl groups excluding tert-OH is 1. The summed E-state index contributed by atoms with van der Waals surface area (Å²) in [6, 6.07) is 7.08. The molecule has 86 valence electrons. The van der Waals surface area contributed by atoms with Crippen LogP contribution in [-0.4, -0.2) is 18.3 Å². The molecule has 0 saturated heterocycles. The van der Waals surface area contributed by atoms with Crippen LogP contribution in [0.2, 0.25) is 5.02 Å². The second-order valence-electron chi connectivity index (χ2n) is 3.26. The van der Waals surface area contributed by atoms with Gasteiger partial charge in [0.05, 0.1) is 6.07 Å². The van der Waals surface area contributed by atoms with Gasteiger partial charge in [-0.25, -0.2) is 0 Å². The van der Waals surface area contributed by atoms with Gasteiger partial charge in [0.1, 0.15) is 6.04 Å². The van der Waals surface area contributed by atoms with Gasteiger partial charge in [-0.05, 0) is 36.7 Å². The maximum absolute atomic E-state index is 9.06. The zero-order valence-corrected chi connectivity index (χ0v) is 10.9. The van der Waals surface area contributed by atoms with E-state index in [4.69, 9.17) is 22.0 Å². The van der Waals surface area contributed by atoms with Gasteiger partial charge < -0.3 is 5.11 Å². The second kappa shape index (κ2) is 6.87. The van der Waals surface area contributed by atoms with Crippen molar-refractivity contribution in [1.82, 2.24) is 5.32 Å². The van der Waals surface area contributed by atoms with E-state index in [0.29, 0.717) is 18.0 Å². The predicted octanol–water partition coefficient (Wildman–Crippen LogP) is 2.64. The lowest BCUT2D eigenvalue weighted by molar-refractivity contribution is 0.285. The minimum atomic E-state index is -0.417. The van der Waals surface area contributed by atoms with Crippen molar-refractivity contribution in [2.24, 2.45) is 0 Å². The number of nitrogens with one attached hydrogen (secondary N) is 1. The van der Waals surface area contributed by atoms with E-state index in [-0.39, 0.29) is 6.61 Å². The van der Waals surface area contributed by atoms with Crippen LogP contribution in [0.1, 0.15) is 18.0 Å². The number of hydrogen-bond donors (Lipinski definition) is 2. The SMILES string of the molecule is N#CC(NCCCO)c1cc(Cl)ccc1Br. The van der Waals surface area contributed by atoms with E-state index in [0.717, 1.165) is 10.0 Å². The summed E-state index contributed by atoms with van der Waals surface area (Å²) in [5.41, 5.74) is 0.813. The highest BCUT2D eigenvalue weighted by Crippen LogP contribution is 2.26. The van der Waals surface area contributed by atoms with Gasteiger partial charge in [0, 0.05) is 16.1 Å². The van der Waals surface area contributed by atoms with Gasteiger partial charge in [0.15, 0.2) is 0 Å². The topological polar surface area (TPSA) is 56.0 Å². The van der Waals surface area contributed by atoms with Crippen molar-refractivity contribution in [1.29, 1.82) is 5.26 Å². The Bertz CT molecular complexity index is 392. The molecule has 5 heteroatoms. The maximum Gasteiger partial charge on any atom is 0.122 e. The first-order valence-electron chi connectivity index (χ1n) is 4.88. The Hall–Kier alpha value is -0.600. The number of hydrogen-bond acceptors (Lipinski definition) is 3. The molecule has 1 unspecified atom stereocenters. The normalized spacial score (nSPS) is 12.1. The Labute approximate surface area is 108 Å². The number of aliphatic hydroxyl groups is 1. The van der Waals surface area contributed by atoms with E-state index in [1.54, 1.807) is 12.1 Å². The van der Waals surface area contributed by atoms with Gasteiger partial charge >= 0.3 is 0 Å². The van der Waals surface area contributed by atoms with Crippen LogP contribution in [0.3, 0.4) is 0 Å². The lowest BCUT2D eigenvalue weighted by Gasteiger charge is -2.13. The first-order chi connectivity index (χ1) is 7.69. The molecule has 0 aromatic heterocycles. The molecule has 0 saturated carbocycles. The molecule has 0 aliphatic rings. The monoisotopic (exact) mass is 302 g/mol. The number of benzene rings is 1. The van der Waals surface area contributed by atoms with E-state index in [2.05, 4.69) is 27.3 Å². The summed E-state index contributed by atoms with van der Waals surface area (Å²) < 4.78 is 0.847. The van der Waals surface area contributed by atoms with Crippen LogP contribution >= 0.6 is 27.5 Å². The lowest BCUT2D eigenvalue weighted by Crippen LogP contribution is -2.22. The highest BCUT2D eigenvalue weighted by molar-refractivity contribution is 9.10. The van der Waals surface area contributed by atoms with Crippen molar-refractivity contribution < 1.29 is 5.11 Å². The van der Waals surface area contributed by atoms with Crippen molar-refractivity contribution >= 4 is 27.5 Å². The molecule has 2 N–H and O–H groups in total. The molecular weight excluding hydrogens is 291 g/mol. The average molecular weight is 304 g/mol. The van der Waals surface area contributed by atoms with Crippen molar-refractivity contribution in [2.45, 2.75) is 12.5 Å². The quantitative estimate of drug-likeness (QED) is 0.822. The highest BCUT2D eigenvalue weighted by Gasteiger charge is 2.13. The number of halogens is 2. The Kier molecular flexibility index (Phi) is 5.78. The Morgan fingerprint density at radius 3 is 2.94 bits per heavy atom. The summed E-state index contributed by atoms with van der Waals surface area (Å²) in [6.07, 6.45) is 0.621. The third-order valence-electron chi connectivity index (χ3n) is 2.08. The fourth-order valence-electron chi connectivity index (χ4n) is 1.29. The minimum Gasteiger partial charge on any atom is -0.396 e. The third kappa shape index (κ3) is 3.76. The van der Waals surface area contributed by atoms with E-state index >= 15 is 0 Å². The van der Waals surface area contributed by atoms with Crippen molar-refractivity contribution in [3.8, 4) is 6.07 Å². The number of rotatable bonds is 5. The molecule has 1 aromatic carbocycles. The highest BCUT2D eigenvalue weighted by atomic mass is 79.9. The van der Waals surface area contributed by atoms with E-state index in [1.807, 2.05) is 6.07 Å². The molecule has 0 aliphatic carbocycles. The molecule has 0 amide bonds. The van der Waals surface area contributed by atoms with Crippen molar-refractivity contribution in [3.63, 3.8) is 0 Å². The molecule has 0 bridgehead atoms. The molecule has 0 spiro atoms. The van der Waals surface area contributed by atoms with Crippen LogP contribution in [0.5, 0.6) is 0 Å². The van der Waals surface area contributed by atoms with E-state index < -0.39 is 6.04 Å². The number of nitrogens with zero attached hydrogens (tertiary/aromatic N) is 1. The fourth-order valence-corrected chi connectivity index (χ4v) is 1.94. The first-order valence-corrected chi connectivity index (χ1v) is 6.05. The zero-order chi connectivity index (χ0) is 12.0. The van der Waals surface area contributed by atoms with Crippen molar-refractivity contribution in [2.75, 3.05) is 13.2 Å². The van der Waals surface area contributed by atoms with Gasteiger partial charge in [-0.15, -0.1) is 0 Å². The molecule has 0 fully saturated rings. The Balaban J connectivity index is 2.79. The molecule has 3 nitrogen and oxygen atoms in total. The smallest absolute Gasteiger partial charge is 0.122 e. The molecule has 0 radical (unpaired) electrons. The molecule has 1 rings (SSSR count). The second-order valence-corrected chi connectivity index (χ2v) is 4.55. The van der Waals surface area contributed by atoms with Gasteiger partial charge in [0.2, 0.25) is 0 Å². The van der Waals surface area contributed by atoms with Crippen molar-refractivity contribution in [3.05, 3.63) is 33.3 Å². The summed E-state index contributed by atoms with van der Waals surface area (Å²) in [7, 11) is 0. The van der Waals surface area contributed by atoms with Crippen LogP contribution in [0.25, 0.3) is 0 Å². The summed E-state index contributed by atoms with van der Waals surface area (Å²) in [5.74, 6) is 0. The summed E-state index contributed by atoms with van der Waals surface area (Å²) >= 11 is 9.26. The standard InChI is InChI=1S/C11H12BrClN2O/c12-10-3-2-8(13)6-9(10)11(7-14)15-4-1-5-16/h2-3,6,11,15-16H,1,4-5H2. The molecule has 1 aromatic rings. The van der Waals surface area contributed by atoms with Gasteiger partial charge in [-0.2, -0.15) is 5.26 Å². The Morgan fingerprint density at radius 2 is 2.31 bits per heavy atom. The van der Waals surface area contributed by atoms with Crippen LogP contribution in [-0.2, 0) is 0 Å². The zero-order valence-electron chi connectivity index (χ0n) is 8.58. The van der Waals surface area contributed by atoms with Gasteiger partial charge in [-0.1, -0.05) is 27.5 Å². The Morgan fingerprint density at radius 1 is 1.56 bits per heavy atom. The largest absolute Gasteiger partial charge is 0.396 e. The first kappa shape index (κ1) is 13.5. The molecular formula is C11H12BrClN2O. The van der Waals surface area contributed by atoms with Crippen LogP contribution in [0.15, 0.2) is 22.7 Å². The third-order valence-corrected chi connectivity index (χ3v) is 3.04. The molecule has 0 aliphatic heterocycles. The predicted molar refractivity (Wildman–Crippen MR) is 67.2 cm³/mol. The van der Waals surface area contributed by atoms with E-state index in [1.165, 1.54) is 0 Å². The van der Waals surface area contributed by atoms with Crippen LogP contribution in [0, 0.1) is 11.3 Å². The summed E-state index contributed by atoms with van der Waals surface area (Å²) in [6.45, 7) is 0.704. The minimum absolute atomic E-state index is 0.113. The van der Waals surface area contributed by atoms with Gasteiger partial charge in [-0.3, -0.25) is 5.32 Å². The summed E-state index contributed by atoms with van der Waals surface area (Å²) in [5, 5.41) is 21.4. The van der Waals surface area contributed by atoms with Gasteiger partial charge in [0.25, 0.3) is 0 Å². The molecule has 1 atom stereocenters. The number of nitriles is 1. The molecule has 16 heavy (non-hydrogen) atoms. The fraction of sp³-hybridized carbons (Fsp3) is 0.364.